The summed E-state index contributed by atoms with van der Waals surface area (Å²) in [6, 6.07) is 6.08. The zero-order valence-corrected chi connectivity index (χ0v) is 14.8. The van der Waals surface area contributed by atoms with Gasteiger partial charge in [-0.25, -0.2) is 13.8 Å². The fourth-order valence-corrected chi connectivity index (χ4v) is 2.23. The third-order valence-corrected chi connectivity index (χ3v) is 3.62. The maximum Gasteiger partial charge on any atom is 0.191 e. The summed E-state index contributed by atoms with van der Waals surface area (Å²) in [5, 5.41) is 10.2. The molecule has 136 valence electrons. The predicted molar refractivity (Wildman–Crippen MR) is 93.5 cm³/mol. The summed E-state index contributed by atoms with van der Waals surface area (Å²) in [5.74, 6) is -0.0636. The number of benzene rings is 1. The first kappa shape index (κ1) is 18.9. The molecule has 0 amide bonds. The average molecular weight is 350 g/mol. The van der Waals surface area contributed by atoms with Gasteiger partial charge in [-0.05, 0) is 30.9 Å². The van der Waals surface area contributed by atoms with E-state index in [2.05, 4.69) is 20.8 Å². The first-order chi connectivity index (χ1) is 12.0. The lowest BCUT2D eigenvalue weighted by atomic mass is 10.1. The fraction of sp³-hybridized carbons (Fsp3) is 0.444. The van der Waals surface area contributed by atoms with Crippen molar-refractivity contribution in [1.29, 1.82) is 0 Å². The second kappa shape index (κ2) is 9.15. The molecule has 25 heavy (non-hydrogen) atoms. The number of guanidine groups is 1. The summed E-state index contributed by atoms with van der Waals surface area (Å²) in [6.07, 6.45) is 0.355. The maximum atomic E-state index is 13.6. The van der Waals surface area contributed by atoms with Crippen molar-refractivity contribution in [3.8, 4) is 0 Å². The zero-order valence-electron chi connectivity index (χ0n) is 14.8. The van der Waals surface area contributed by atoms with Gasteiger partial charge >= 0.3 is 0 Å². The van der Waals surface area contributed by atoms with E-state index >= 15 is 0 Å². The molecule has 0 aliphatic rings. The van der Waals surface area contributed by atoms with Crippen molar-refractivity contribution in [2.24, 2.45) is 4.99 Å². The number of aliphatic imine (C=N–C) groups is 1. The molecule has 2 aromatic rings. The van der Waals surface area contributed by atoms with Crippen LogP contribution in [0.5, 0.6) is 0 Å². The highest BCUT2D eigenvalue weighted by molar-refractivity contribution is 5.79. The molecule has 0 saturated carbocycles. The van der Waals surface area contributed by atoms with Crippen molar-refractivity contribution in [2.45, 2.75) is 39.7 Å². The topological polar surface area (TPSA) is 62.5 Å². The number of hydrogen-bond acceptors (Lipinski definition) is 3. The molecule has 0 atom stereocenters. The Morgan fingerprint density at radius 3 is 2.76 bits per heavy atom. The highest BCUT2D eigenvalue weighted by Gasteiger charge is 2.09. The standard InChI is InChI=1S/C18H24F2N4O/c1-4-21-18(23-11-14-10-16(12(2)3)24-25-14)22-9-8-13-6-5-7-15(19)17(13)20/h5-7,10,12H,4,8-9,11H2,1-3H3,(H2,21,22,23). The van der Waals surface area contributed by atoms with Crippen molar-refractivity contribution in [1.82, 2.24) is 15.8 Å². The molecule has 1 heterocycles. The normalized spacial score (nSPS) is 11.8. The Balaban J connectivity index is 1.91. The number of nitrogens with zero attached hydrogens (tertiary/aromatic N) is 2. The van der Waals surface area contributed by atoms with Crippen molar-refractivity contribution in [3.05, 3.63) is 52.9 Å². The molecule has 0 saturated heterocycles. The summed E-state index contributed by atoms with van der Waals surface area (Å²) < 4.78 is 32.1. The molecule has 0 spiro atoms. The molecular formula is C18H24F2N4O. The summed E-state index contributed by atoms with van der Waals surface area (Å²) in [6.45, 7) is 7.51. The van der Waals surface area contributed by atoms with Gasteiger partial charge in [-0.3, -0.25) is 0 Å². The number of aromatic nitrogens is 1. The highest BCUT2D eigenvalue weighted by atomic mass is 19.2. The van der Waals surface area contributed by atoms with Gasteiger partial charge in [0.15, 0.2) is 23.4 Å². The van der Waals surface area contributed by atoms with E-state index in [0.717, 1.165) is 11.8 Å². The van der Waals surface area contributed by atoms with Crippen LogP contribution in [0, 0.1) is 11.6 Å². The Labute approximate surface area is 146 Å². The van der Waals surface area contributed by atoms with E-state index in [-0.39, 0.29) is 0 Å². The van der Waals surface area contributed by atoms with Crippen LogP contribution in [0.2, 0.25) is 0 Å². The van der Waals surface area contributed by atoms with Gasteiger partial charge in [-0.1, -0.05) is 31.1 Å². The monoisotopic (exact) mass is 350 g/mol. The molecule has 0 aliphatic heterocycles. The second-order valence-corrected chi connectivity index (χ2v) is 5.96. The minimum atomic E-state index is -0.829. The van der Waals surface area contributed by atoms with Crippen LogP contribution in [-0.2, 0) is 13.0 Å². The minimum absolute atomic E-state index is 0.300. The van der Waals surface area contributed by atoms with E-state index in [9.17, 15) is 8.78 Å². The molecule has 1 aromatic carbocycles. The summed E-state index contributed by atoms with van der Waals surface area (Å²) in [4.78, 5) is 4.42. The van der Waals surface area contributed by atoms with E-state index in [0.29, 0.717) is 49.3 Å². The second-order valence-electron chi connectivity index (χ2n) is 5.96. The Morgan fingerprint density at radius 2 is 2.08 bits per heavy atom. The summed E-state index contributed by atoms with van der Waals surface area (Å²) in [7, 11) is 0. The van der Waals surface area contributed by atoms with Gasteiger partial charge in [0.1, 0.15) is 6.54 Å². The van der Waals surface area contributed by atoms with E-state index in [4.69, 9.17) is 4.52 Å². The number of nitrogens with one attached hydrogen (secondary N) is 2. The Morgan fingerprint density at radius 1 is 1.28 bits per heavy atom. The molecule has 2 rings (SSSR count). The van der Waals surface area contributed by atoms with Crippen molar-refractivity contribution in [3.63, 3.8) is 0 Å². The molecule has 0 unspecified atom stereocenters. The molecule has 0 aliphatic carbocycles. The van der Waals surface area contributed by atoms with Crippen molar-refractivity contribution in [2.75, 3.05) is 13.1 Å². The van der Waals surface area contributed by atoms with Gasteiger partial charge in [-0.15, -0.1) is 0 Å². The van der Waals surface area contributed by atoms with Crippen molar-refractivity contribution >= 4 is 5.96 Å². The molecule has 1 aromatic heterocycles. The molecule has 0 radical (unpaired) electrons. The molecule has 0 fully saturated rings. The van der Waals surface area contributed by atoms with Crippen LogP contribution in [-0.4, -0.2) is 24.2 Å². The van der Waals surface area contributed by atoms with E-state index in [1.165, 1.54) is 6.07 Å². The smallest absolute Gasteiger partial charge is 0.191 e. The zero-order chi connectivity index (χ0) is 18.2. The van der Waals surface area contributed by atoms with Crippen molar-refractivity contribution < 1.29 is 13.3 Å². The fourth-order valence-electron chi connectivity index (χ4n) is 2.23. The quantitative estimate of drug-likeness (QED) is 0.594. The van der Waals surface area contributed by atoms with Gasteiger partial charge in [0, 0.05) is 19.2 Å². The lowest BCUT2D eigenvalue weighted by Gasteiger charge is -2.11. The summed E-state index contributed by atoms with van der Waals surface area (Å²) >= 11 is 0. The average Bonchev–Trinajstić information content (AvgIpc) is 3.06. The van der Waals surface area contributed by atoms with Gasteiger partial charge in [0.25, 0.3) is 0 Å². The van der Waals surface area contributed by atoms with Gasteiger partial charge in [-0.2, -0.15) is 0 Å². The Kier molecular flexibility index (Phi) is 6.91. The lowest BCUT2D eigenvalue weighted by molar-refractivity contribution is 0.376. The maximum absolute atomic E-state index is 13.6. The van der Waals surface area contributed by atoms with Crippen LogP contribution in [0.25, 0.3) is 0 Å². The van der Waals surface area contributed by atoms with Crippen LogP contribution in [0.3, 0.4) is 0 Å². The predicted octanol–water partition coefficient (Wildman–Crippen LogP) is 3.37. The van der Waals surface area contributed by atoms with Gasteiger partial charge in [0.2, 0.25) is 0 Å². The van der Waals surface area contributed by atoms with Crippen LogP contribution >= 0.6 is 0 Å². The molecular weight excluding hydrogens is 326 g/mol. The third-order valence-electron chi connectivity index (χ3n) is 3.62. The van der Waals surface area contributed by atoms with Crippen LogP contribution < -0.4 is 10.6 Å². The highest BCUT2D eigenvalue weighted by Crippen LogP contribution is 2.14. The molecule has 2 N–H and O–H groups in total. The molecule has 7 heteroatoms. The summed E-state index contributed by atoms with van der Waals surface area (Å²) in [5.41, 5.74) is 1.23. The van der Waals surface area contributed by atoms with Crippen LogP contribution in [0.4, 0.5) is 8.78 Å². The van der Waals surface area contributed by atoms with Gasteiger partial charge in [0.05, 0.1) is 5.69 Å². The minimum Gasteiger partial charge on any atom is -0.359 e. The molecule has 0 bridgehead atoms. The van der Waals surface area contributed by atoms with Gasteiger partial charge < -0.3 is 15.2 Å². The largest absolute Gasteiger partial charge is 0.359 e. The van der Waals surface area contributed by atoms with E-state index in [1.54, 1.807) is 6.07 Å². The molecule has 5 nitrogen and oxygen atoms in total. The van der Waals surface area contributed by atoms with Crippen LogP contribution in [0.15, 0.2) is 33.8 Å². The first-order valence-electron chi connectivity index (χ1n) is 8.41. The third kappa shape index (κ3) is 5.55. The number of hydrogen-bond donors (Lipinski definition) is 2. The first-order valence-corrected chi connectivity index (χ1v) is 8.41. The SMILES string of the molecule is CCNC(=NCc1cc(C(C)C)no1)NCCc1cccc(F)c1F. The van der Waals surface area contributed by atoms with E-state index < -0.39 is 11.6 Å². The number of rotatable bonds is 7. The number of halogens is 2. The Hall–Kier alpha value is -2.44. The van der Waals surface area contributed by atoms with E-state index in [1.807, 2.05) is 26.8 Å². The Bertz CT molecular complexity index is 713. The van der Waals surface area contributed by atoms with Crippen LogP contribution in [0.1, 0.15) is 43.7 Å². The lowest BCUT2D eigenvalue weighted by Crippen LogP contribution is -2.38.